The van der Waals surface area contributed by atoms with Gasteiger partial charge in [-0.25, -0.2) is 14.3 Å². The Labute approximate surface area is 159 Å². The number of fused-ring (bicyclic) bond motifs is 1. The second-order valence-electron chi connectivity index (χ2n) is 5.99. The van der Waals surface area contributed by atoms with Crippen molar-refractivity contribution in [1.82, 2.24) is 14.6 Å². The minimum absolute atomic E-state index is 0.0596. The lowest BCUT2D eigenvalue weighted by atomic mass is 10.1. The molecule has 0 spiro atoms. The Kier molecular flexibility index (Phi) is 4.29. The number of carbonyl (C=O) groups excluding carboxylic acids is 1. The van der Waals surface area contributed by atoms with E-state index < -0.39 is 10.9 Å². The average Bonchev–Trinajstić information content (AvgIpc) is 3.17. The summed E-state index contributed by atoms with van der Waals surface area (Å²) in [5, 5.41) is 15.4. The number of ether oxygens (including phenoxy) is 1. The van der Waals surface area contributed by atoms with Crippen molar-refractivity contribution in [2.24, 2.45) is 0 Å². The maximum Gasteiger partial charge on any atom is 0.356 e. The number of non-ortho nitro benzene ring substituents is 1. The van der Waals surface area contributed by atoms with Gasteiger partial charge in [-0.1, -0.05) is 42.5 Å². The Bertz CT molecular complexity index is 1200. The molecular weight excluding hydrogens is 360 g/mol. The van der Waals surface area contributed by atoms with Crippen LogP contribution in [0.3, 0.4) is 0 Å². The van der Waals surface area contributed by atoms with E-state index in [4.69, 9.17) is 4.74 Å². The van der Waals surface area contributed by atoms with Crippen LogP contribution in [0.4, 0.5) is 5.69 Å². The zero-order valence-corrected chi connectivity index (χ0v) is 14.8. The van der Waals surface area contributed by atoms with Crippen LogP contribution in [0.2, 0.25) is 0 Å². The lowest BCUT2D eigenvalue weighted by Crippen LogP contribution is -2.10. The van der Waals surface area contributed by atoms with E-state index in [0.29, 0.717) is 16.9 Å². The number of hydrogen-bond donors (Lipinski definition) is 0. The average molecular weight is 374 g/mol. The summed E-state index contributed by atoms with van der Waals surface area (Å²) in [6, 6.07) is 17.1. The van der Waals surface area contributed by atoms with Gasteiger partial charge in [0, 0.05) is 23.3 Å². The number of nitro groups is 1. The first-order valence-electron chi connectivity index (χ1n) is 8.36. The van der Waals surface area contributed by atoms with Gasteiger partial charge in [-0.05, 0) is 11.6 Å². The lowest BCUT2D eigenvalue weighted by molar-refractivity contribution is -0.384. The van der Waals surface area contributed by atoms with Crippen molar-refractivity contribution in [3.8, 4) is 22.4 Å². The molecule has 0 aliphatic carbocycles. The molecule has 0 amide bonds. The van der Waals surface area contributed by atoms with E-state index in [-0.39, 0.29) is 11.4 Å². The molecule has 2 aromatic carbocycles. The maximum absolute atomic E-state index is 12.3. The molecular formula is C20H14N4O4. The largest absolute Gasteiger partial charge is 0.464 e. The van der Waals surface area contributed by atoms with Crippen molar-refractivity contribution in [3.05, 3.63) is 82.7 Å². The Morgan fingerprint density at radius 3 is 2.54 bits per heavy atom. The molecule has 0 fully saturated rings. The monoisotopic (exact) mass is 374 g/mol. The molecule has 8 heteroatoms. The maximum atomic E-state index is 12.3. The molecule has 138 valence electrons. The van der Waals surface area contributed by atoms with Crippen LogP contribution in [0, 0.1) is 10.1 Å². The third-order valence-electron chi connectivity index (χ3n) is 4.30. The van der Waals surface area contributed by atoms with Gasteiger partial charge in [-0.15, -0.1) is 0 Å². The van der Waals surface area contributed by atoms with Gasteiger partial charge >= 0.3 is 5.97 Å². The predicted octanol–water partition coefficient (Wildman–Crippen LogP) is 3.76. The number of carbonyl (C=O) groups is 1. The van der Waals surface area contributed by atoms with Crippen LogP contribution in [0.1, 0.15) is 10.5 Å². The van der Waals surface area contributed by atoms with Crippen molar-refractivity contribution in [3.63, 3.8) is 0 Å². The number of benzene rings is 2. The number of methoxy groups -OCH3 is 1. The Morgan fingerprint density at radius 1 is 1.07 bits per heavy atom. The fourth-order valence-electron chi connectivity index (χ4n) is 2.96. The van der Waals surface area contributed by atoms with Crippen LogP contribution in [-0.4, -0.2) is 32.6 Å². The second kappa shape index (κ2) is 6.92. The minimum atomic E-state index is -0.582. The number of rotatable bonds is 4. The van der Waals surface area contributed by atoms with Gasteiger partial charge in [-0.3, -0.25) is 10.1 Å². The van der Waals surface area contributed by atoms with E-state index in [1.165, 1.54) is 29.8 Å². The fraction of sp³-hybridized carbons (Fsp3) is 0.0500. The van der Waals surface area contributed by atoms with Crippen LogP contribution in [-0.2, 0) is 4.74 Å². The van der Waals surface area contributed by atoms with E-state index in [1.54, 1.807) is 18.3 Å². The van der Waals surface area contributed by atoms with Gasteiger partial charge in [0.15, 0.2) is 11.3 Å². The number of nitro benzene ring substituents is 1. The molecule has 0 aliphatic rings. The predicted molar refractivity (Wildman–Crippen MR) is 102 cm³/mol. The number of hydrogen-bond acceptors (Lipinski definition) is 6. The number of aromatic nitrogens is 3. The van der Waals surface area contributed by atoms with Gasteiger partial charge in [0.2, 0.25) is 0 Å². The van der Waals surface area contributed by atoms with Gasteiger partial charge < -0.3 is 4.74 Å². The molecule has 0 radical (unpaired) electrons. The van der Waals surface area contributed by atoms with E-state index >= 15 is 0 Å². The van der Waals surface area contributed by atoms with E-state index in [0.717, 1.165) is 11.1 Å². The molecule has 28 heavy (non-hydrogen) atoms. The van der Waals surface area contributed by atoms with Crippen molar-refractivity contribution in [2.75, 3.05) is 7.11 Å². The number of nitrogens with zero attached hydrogens (tertiary/aromatic N) is 4. The van der Waals surface area contributed by atoms with Crippen LogP contribution >= 0.6 is 0 Å². The summed E-state index contributed by atoms with van der Waals surface area (Å²) in [4.78, 5) is 27.6. The molecule has 0 saturated heterocycles. The highest BCUT2D eigenvalue weighted by Crippen LogP contribution is 2.28. The first kappa shape index (κ1) is 17.3. The number of esters is 1. The molecule has 4 rings (SSSR count). The lowest BCUT2D eigenvalue weighted by Gasteiger charge is -2.08. The molecule has 0 bridgehead atoms. The minimum Gasteiger partial charge on any atom is -0.464 e. The SMILES string of the molecule is COC(=O)c1cc(-c2cccc([N+](=O)[O-])c2)nc2c(-c3ccccc3)cnn12. The highest BCUT2D eigenvalue weighted by atomic mass is 16.6. The molecule has 8 nitrogen and oxygen atoms in total. The van der Waals surface area contributed by atoms with Crippen LogP contribution in [0.15, 0.2) is 66.9 Å². The third-order valence-corrected chi connectivity index (χ3v) is 4.30. The summed E-state index contributed by atoms with van der Waals surface area (Å²) in [6.45, 7) is 0. The molecule has 0 aliphatic heterocycles. The van der Waals surface area contributed by atoms with Gasteiger partial charge in [-0.2, -0.15) is 5.10 Å². The summed E-state index contributed by atoms with van der Waals surface area (Å²) in [7, 11) is 1.28. The van der Waals surface area contributed by atoms with Gasteiger partial charge in [0.1, 0.15) is 0 Å². The molecule has 4 aromatic rings. The van der Waals surface area contributed by atoms with Crippen molar-refractivity contribution in [2.45, 2.75) is 0 Å². The van der Waals surface area contributed by atoms with Crippen molar-refractivity contribution in [1.29, 1.82) is 0 Å². The zero-order valence-electron chi connectivity index (χ0n) is 14.8. The summed E-state index contributed by atoms with van der Waals surface area (Å²) < 4.78 is 6.29. The zero-order chi connectivity index (χ0) is 19.7. The standard InChI is InChI=1S/C20H14N4O4/c1-28-20(25)18-11-17(14-8-5-9-15(10-14)24(26)27)22-19-16(12-21-23(18)19)13-6-3-2-4-7-13/h2-12H,1H3. The second-order valence-corrected chi connectivity index (χ2v) is 5.99. The van der Waals surface area contributed by atoms with Crippen LogP contribution in [0.5, 0.6) is 0 Å². The Morgan fingerprint density at radius 2 is 1.82 bits per heavy atom. The van der Waals surface area contributed by atoms with Gasteiger partial charge in [0.25, 0.3) is 5.69 Å². The van der Waals surface area contributed by atoms with E-state index in [1.807, 2.05) is 30.3 Å². The van der Waals surface area contributed by atoms with Crippen molar-refractivity contribution < 1.29 is 14.5 Å². The van der Waals surface area contributed by atoms with Crippen LogP contribution < -0.4 is 0 Å². The molecule has 0 saturated carbocycles. The third kappa shape index (κ3) is 2.96. The Balaban J connectivity index is 1.98. The molecule has 2 aromatic heterocycles. The van der Waals surface area contributed by atoms with Crippen LogP contribution in [0.25, 0.3) is 28.0 Å². The van der Waals surface area contributed by atoms with Gasteiger partial charge in [0.05, 0.1) is 23.9 Å². The molecule has 2 heterocycles. The van der Waals surface area contributed by atoms with E-state index in [2.05, 4.69) is 10.1 Å². The molecule has 0 atom stereocenters. The highest BCUT2D eigenvalue weighted by molar-refractivity contribution is 5.91. The quantitative estimate of drug-likeness (QED) is 0.306. The normalized spacial score (nSPS) is 10.8. The highest BCUT2D eigenvalue weighted by Gasteiger charge is 2.19. The molecule has 0 N–H and O–H groups in total. The Hall–Kier alpha value is -4.07. The topological polar surface area (TPSA) is 99.6 Å². The fourth-order valence-corrected chi connectivity index (χ4v) is 2.96. The summed E-state index contributed by atoms with van der Waals surface area (Å²) in [5.74, 6) is -0.582. The summed E-state index contributed by atoms with van der Waals surface area (Å²) in [6.07, 6.45) is 1.63. The first-order valence-corrected chi connectivity index (χ1v) is 8.36. The molecule has 0 unspecified atom stereocenters. The van der Waals surface area contributed by atoms with Crippen molar-refractivity contribution >= 4 is 17.3 Å². The van der Waals surface area contributed by atoms with E-state index in [9.17, 15) is 14.9 Å². The first-order chi connectivity index (χ1) is 13.6. The summed E-state index contributed by atoms with van der Waals surface area (Å²) >= 11 is 0. The smallest absolute Gasteiger partial charge is 0.356 e. The summed E-state index contributed by atoms with van der Waals surface area (Å²) in [5.41, 5.74) is 3.12.